The van der Waals surface area contributed by atoms with Gasteiger partial charge in [0.1, 0.15) is 11.6 Å². The van der Waals surface area contributed by atoms with Crippen molar-refractivity contribution in [2.75, 3.05) is 33.3 Å². The molecule has 0 saturated carbocycles. The van der Waals surface area contributed by atoms with Crippen LogP contribution in [0.25, 0.3) is 0 Å². The maximum absolute atomic E-state index is 13.5. The zero-order valence-electron chi connectivity index (χ0n) is 20.7. The number of hydrogen-bond donors (Lipinski definition) is 0. The van der Waals surface area contributed by atoms with Gasteiger partial charge in [-0.25, -0.2) is 4.39 Å². The number of rotatable bonds is 9. The Morgan fingerprint density at radius 1 is 1.11 bits per heavy atom. The Hall–Kier alpha value is -3.25. The maximum atomic E-state index is 13.5. The molecule has 0 aliphatic carbocycles. The minimum atomic E-state index is -0.338. The van der Waals surface area contributed by atoms with Gasteiger partial charge in [-0.2, -0.15) is 0 Å². The lowest BCUT2D eigenvalue weighted by Crippen LogP contribution is -2.39. The molecule has 2 aromatic carbocycles. The molecule has 0 spiro atoms. The van der Waals surface area contributed by atoms with Crippen molar-refractivity contribution in [1.29, 1.82) is 0 Å². The molecule has 5 nitrogen and oxygen atoms in total. The molecule has 35 heavy (non-hydrogen) atoms. The van der Waals surface area contributed by atoms with Crippen LogP contribution in [0.4, 0.5) is 4.39 Å². The van der Waals surface area contributed by atoms with Crippen LogP contribution in [0.2, 0.25) is 0 Å². The van der Waals surface area contributed by atoms with E-state index in [4.69, 9.17) is 4.74 Å². The van der Waals surface area contributed by atoms with Gasteiger partial charge in [0, 0.05) is 56.6 Å². The molecule has 6 heteroatoms. The Labute approximate surface area is 207 Å². The molecule has 1 aliphatic rings. The number of aromatic nitrogens is 1. The molecule has 1 fully saturated rings. The number of pyridine rings is 1. The van der Waals surface area contributed by atoms with Gasteiger partial charge in [-0.1, -0.05) is 38.1 Å². The van der Waals surface area contributed by atoms with Gasteiger partial charge in [-0.3, -0.25) is 14.7 Å². The van der Waals surface area contributed by atoms with Gasteiger partial charge in [0.2, 0.25) is 0 Å². The number of methoxy groups -OCH3 is 1. The smallest absolute Gasteiger partial charge is 0.253 e. The van der Waals surface area contributed by atoms with Crippen LogP contribution >= 0.6 is 0 Å². The van der Waals surface area contributed by atoms with Gasteiger partial charge < -0.3 is 9.64 Å². The van der Waals surface area contributed by atoms with Gasteiger partial charge in [0.05, 0.1) is 7.11 Å². The number of halogens is 1. The average molecular weight is 476 g/mol. The Morgan fingerprint density at radius 2 is 1.89 bits per heavy atom. The van der Waals surface area contributed by atoms with Crippen LogP contribution in [0.3, 0.4) is 0 Å². The minimum Gasteiger partial charge on any atom is -0.496 e. The van der Waals surface area contributed by atoms with E-state index in [2.05, 4.69) is 35.9 Å². The Balaban J connectivity index is 1.61. The predicted octanol–water partition coefficient (Wildman–Crippen LogP) is 5.24. The molecule has 0 radical (unpaired) electrons. The molecular weight excluding hydrogens is 441 g/mol. The first-order valence-electron chi connectivity index (χ1n) is 12.2. The predicted molar refractivity (Wildman–Crippen MR) is 136 cm³/mol. The van der Waals surface area contributed by atoms with Crippen molar-refractivity contribution >= 4 is 5.91 Å². The van der Waals surface area contributed by atoms with Crippen LogP contribution in [0.1, 0.15) is 41.3 Å². The molecule has 1 aliphatic heterocycles. The first kappa shape index (κ1) is 24.9. The number of carbonyl (C=O) groups is 1. The molecule has 184 valence electrons. The molecule has 1 amide bonds. The first-order valence-corrected chi connectivity index (χ1v) is 12.2. The second kappa shape index (κ2) is 11.5. The lowest BCUT2D eigenvalue weighted by Gasteiger charge is -2.30. The summed E-state index contributed by atoms with van der Waals surface area (Å²) >= 11 is 0. The molecule has 0 bridgehead atoms. The molecule has 0 N–H and O–H groups in total. The number of ether oxygens (including phenoxy) is 1. The average Bonchev–Trinajstić information content (AvgIpc) is 3.25. The van der Waals surface area contributed by atoms with Crippen molar-refractivity contribution in [2.24, 2.45) is 11.8 Å². The molecular formula is C29H34FN3O2. The topological polar surface area (TPSA) is 45.7 Å². The van der Waals surface area contributed by atoms with Gasteiger partial charge >= 0.3 is 0 Å². The molecule has 2 unspecified atom stereocenters. The highest BCUT2D eigenvalue weighted by Gasteiger charge is 2.37. The van der Waals surface area contributed by atoms with Crippen LogP contribution in [0, 0.1) is 17.7 Å². The standard InChI is InChI=1S/C29H34FN3O2/c1-21(2)16-33(29(34)23-10-12-25(30)13-11-23)19-24-18-32(17-22-7-6-14-31-15-22)20-27(24)26-8-4-5-9-28(26)35-3/h4-15,21,24,27H,16-20H2,1-3H3. The fourth-order valence-electron chi connectivity index (χ4n) is 5.09. The summed E-state index contributed by atoms with van der Waals surface area (Å²) in [5.74, 6) is 1.26. The van der Waals surface area contributed by atoms with Crippen LogP contribution < -0.4 is 4.74 Å². The monoisotopic (exact) mass is 475 g/mol. The number of hydrogen-bond acceptors (Lipinski definition) is 4. The van der Waals surface area contributed by atoms with E-state index in [0.29, 0.717) is 24.6 Å². The molecule has 4 rings (SSSR count). The lowest BCUT2D eigenvalue weighted by molar-refractivity contribution is 0.0703. The summed E-state index contributed by atoms with van der Waals surface area (Å²) in [6.07, 6.45) is 3.70. The van der Waals surface area contributed by atoms with E-state index in [1.54, 1.807) is 25.4 Å². The van der Waals surface area contributed by atoms with Gasteiger partial charge in [-0.15, -0.1) is 0 Å². The van der Waals surface area contributed by atoms with Gasteiger partial charge in [0.25, 0.3) is 5.91 Å². The third-order valence-electron chi connectivity index (χ3n) is 6.60. The van der Waals surface area contributed by atoms with Crippen LogP contribution in [0.5, 0.6) is 5.75 Å². The molecule has 2 atom stereocenters. The van der Waals surface area contributed by atoms with Crippen molar-refractivity contribution < 1.29 is 13.9 Å². The highest BCUT2D eigenvalue weighted by atomic mass is 19.1. The van der Waals surface area contributed by atoms with E-state index in [9.17, 15) is 9.18 Å². The summed E-state index contributed by atoms with van der Waals surface area (Å²) < 4.78 is 19.2. The van der Waals surface area contributed by atoms with E-state index in [1.807, 2.05) is 35.4 Å². The summed E-state index contributed by atoms with van der Waals surface area (Å²) in [5.41, 5.74) is 2.87. The second-order valence-electron chi connectivity index (χ2n) is 9.77. The van der Waals surface area contributed by atoms with Crippen LogP contribution in [0.15, 0.2) is 73.1 Å². The fraction of sp³-hybridized carbons (Fsp3) is 0.379. The SMILES string of the molecule is COc1ccccc1C1CN(Cc2cccnc2)CC1CN(CC(C)C)C(=O)c1ccc(F)cc1. The van der Waals surface area contributed by atoms with Crippen LogP contribution in [-0.4, -0.2) is 54.0 Å². The zero-order valence-corrected chi connectivity index (χ0v) is 20.7. The minimum absolute atomic E-state index is 0.0526. The lowest BCUT2D eigenvalue weighted by atomic mass is 9.87. The molecule has 2 heterocycles. The quantitative estimate of drug-likeness (QED) is 0.424. The Kier molecular flexibility index (Phi) is 8.13. The van der Waals surface area contributed by atoms with Crippen molar-refractivity contribution in [3.05, 3.63) is 95.6 Å². The first-order chi connectivity index (χ1) is 16.9. The summed E-state index contributed by atoms with van der Waals surface area (Å²) in [6.45, 7) is 8.06. The van der Waals surface area contributed by atoms with Gasteiger partial charge in [-0.05, 0) is 59.4 Å². The molecule has 1 aromatic heterocycles. The third kappa shape index (κ3) is 6.25. The van der Waals surface area contributed by atoms with E-state index < -0.39 is 0 Å². The summed E-state index contributed by atoms with van der Waals surface area (Å²) in [6, 6.07) is 18.1. The highest BCUT2D eigenvalue weighted by Crippen LogP contribution is 2.38. The largest absolute Gasteiger partial charge is 0.496 e. The van der Waals surface area contributed by atoms with Crippen LogP contribution in [-0.2, 0) is 6.54 Å². The summed E-state index contributed by atoms with van der Waals surface area (Å²) in [4.78, 5) is 22.1. The number of benzene rings is 2. The van der Waals surface area contributed by atoms with Crippen molar-refractivity contribution in [1.82, 2.24) is 14.8 Å². The number of carbonyl (C=O) groups excluding carboxylic acids is 1. The number of amides is 1. The van der Waals surface area contributed by atoms with Crippen molar-refractivity contribution in [3.8, 4) is 5.75 Å². The molecule has 3 aromatic rings. The summed E-state index contributed by atoms with van der Waals surface area (Å²) in [5, 5.41) is 0. The number of nitrogens with zero attached hydrogens (tertiary/aromatic N) is 3. The van der Waals surface area contributed by atoms with E-state index in [1.165, 1.54) is 23.3 Å². The maximum Gasteiger partial charge on any atom is 0.253 e. The number of para-hydroxylation sites is 1. The van der Waals surface area contributed by atoms with E-state index >= 15 is 0 Å². The van der Waals surface area contributed by atoms with Crippen molar-refractivity contribution in [2.45, 2.75) is 26.3 Å². The fourth-order valence-corrected chi connectivity index (χ4v) is 5.09. The number of likely N-dealkylation sites (tertiary alicyclic amines) is 1. The van der Waals surface area contributed by atoms with E-state index in [0.717, 1.165) is 25.4 Å². The second-order valence-corrected chi connectivity index (χ2v) is 9.77. The molecule has 1 saturated heterocycles. The third-order valence-corrected chi connectivity index (χ3v) is 6.60. The van der Waals surface area contributed by atoms with Crippen molar-refractivity contribution in [3.63, 3.8) is 0 Å². The summed E-state index contributed by atoms with van der Waals surface area (Å²) in [7, 11) is 1.71. The highest BCUT2D eigenvalue weighted by molar-refractivity contribution is 5.94. The Bertz CT molecular complexity index is 1100. The van der Waals surface area contributed by atoms with Gasteiger partial charge in [0.15, 0.2) is 0 Å². The normalized spacial score (nSPS) is 18.1. The zero-order chi connectivity index (χ0) is 24.8. The Morgan fingerprint density at radius 3 is 2.57 bits per heavy atom. The van der Waals surface area contributed by atoms with E-state index in [-0.39, 0.29) is 23.6 Å².